The Balaban J connectivity index is 1.60. The molecule has 1 aliphatic rings. The van der Waals surface area contributed by atoms with E-state index in [1.165, 1.54) is 12.1 Å². The second kappa shape index (κ2) is 9.32. The molecule has 6 nitrogen and oxygen atoms in total. The van der Waals surface area contributed by atoms with Gasteiger partial charge in [-0.3, -0.25) is 0 Å². The SMILES string of the molecule is CCC(C(=O)O)n1c2c(c3cc(F)cc(Br)c31)C[C@@H](NC(=O)OCc1ccccc1)CC2. The number of hydrogen-bond donors (Lipinski definition) is 2. The van der Waals surface area contributed by atoms with Gasteiger partial charge in [0.15, 0.2) is 0 Å². The highest BCUT2D eigenvalue weighted by Crippen LogP contribution is 2.39. The van der Waals surface area contributed by atoms with Gasteiger partial charge in [-0.05, 0) is 64.9 Å². The number of aromatic nitrogens is 1. The molecule has 0 radical (unpaired) electrons. The van der Waals surface area contributed by atoms with Crippen LogP contribution >= 0.6 is 15.9 Å². The van der Waals surface area contributed by atoms with Crippen LogP contribution in [0.25, 0.3) is 10.9 Å². The minimum atomic E-state index is -0.923. The molecule has 2 N–H and O–H groups in total. The first-order valence-corrected chi connectivity index (χ1v) is 11.4. The molecule has 168 valence electrons. The Kier molecular flexibility index (Phi) is 6.50. The van der Waals surface area contributed by atoms with Gasteiger partial charge >= 0.3 is 12.1 Å². The van der Waals surface area contributed by atoms with Crippen LogP contribution < -0.4 is 5.32 Å². The highest BCUT2D eigenvalue weighted by Gasteiger charge is 2.32. The second-order valence-electron chi connectivity index (χ2n) is 7.99. The van der Waals surface area contributed by atoms with E-state index in [4.69, 9.17) is 4.74 Å². The zero-order chi connectivity index (χ0) is 22.8. The summed E-state index contributed by atoms with van der Waals surface area (Å²) in [5, 5.41) is 13.4. The van der Waals surface area contributed by atoms with Crippen LogP contribution in [-0.4, -0.2) is 27.8 Å². The van der Waals surface area contributed by atoms with Crippen LogP contribution in [0.1, 0.15) is 42.6 Å². The van der Waals surface area contributed by atoms with E-state index < -0.39 is 23.9 Å². The van der Waals surface area contributed by atoms with Crippen molar-refractivity contribution >= 4 is 38.9 Å². The Morgan fingerprint density at radius 2 is 2.06 bits per heavy atom. The van der Waals surface area contributed by atoms with E-state index in [-0.39, 0.29) is 12.6 Å². The lowest BCUT2D eigenvalue weighted by Gasteiger charge is -2.26. The summed E-state index contributed by atoms with van der Waals surface area (Å²) < 4.78 is 21.9. The number of halogens is 2. The molecular weight excluding hydrogens is 479 g/mol. The molecule has 0 aliphatic heterocycles. The zero-order valence-electron chi connectivity index (χ0n) is 17.6. The van der Waals surface area contributed by atoms with Gasteiger partial charge in [0.25, 0.3) is 0 Å². The molecular formula is C24H24BrFN2O4. The smallest absolute Gasteiger partial charge is 0.407 e. The number of carbonyl (C=O) groups is 2. The van der Waals surface area contributed by atoms with E-state index in [0.717, 1.165) is 16.8 Å². The molecule has 32 heavy (non-hydrogen) atoms. The van der Waals surface area contributed by atoms with Gasteiger partial charge in [-0.25, -0.2) is 14.0 Å². The average Bonchev–Trinajstić information content (AvgIpc) is 3.07. The number of nitrogens with zero attached hydrogens (tertiary/aromatic N) is 1. The van der Waals surface area contributed by atoms with E-state index in [0.29, 0.717) is 41.1 Å². The topological polar surface area (TPSA) is 80.6 Å². The number of carboxylic acid groups (broad SMARTS) is 1. The van der Waals surface area contributed by atoms with Gasteiger partial charge in [0.1, 0.15) is 18.5 Å². The maximum absolute atomic E-state index is 14.2. The highest BCUT2D eigenvalue weighted by atomic mass is 79.9. The predicted molar refractivity (Wildman–Crippen MR) is 122 cm³/mol. The van der Waals surface area contributed by atoms with Crippen molar-refractivity contribution < 1.29 is 23.8 Å². The number of nitrogens with one attached hydrogen (secondary N) is 1. The molecule has 0 spiro atoms. The standard InChI is InChI=1S/C24H24BrFN2O4/c1-2-20(23(29)30)28-21-9-8-16(27-24(31)32-13-14-6-4-3-5-7-14)12-17(21)18-10-15(26)11-19(25)22(18)28/h3-7,10-11,16,20H,2,8-9,12-13H2,1H3,(H,27,31)(H,29,30)/t16-,20?/m0/s1. The number of carboxylic acids is 1. The van der Waals surface area contributed by atoms with Gasteiger partial charge in [0.05, 0.1) is 5.52 Å². The monoisotopic (exact) mass is 502 g/mol. The van der Waals surface area contributed by atoms with Crippen molar-refractivity contribution in [1.29, 1.82) is 0 Å². The van der Waals surface area contributed by atoms with E-state index in [1.807, 2.05) is 41.8 Å². The number of benzene rings is 2. The Labute approximate surface area is 193 Å². The molecule has 1 aromatic heterocycles. The first kappa shape index (κ1) is 22.3. The molecule has 0 bridgehead atoms. The van der Waals surface area contributed by atoms with E-state index in [9.17, 15) is 19.1 Å². The van der Waals surface area contributed by atoms with Crippen molar-refractivity contribution in [2.75, 3.05) is 0 Å². The van der Waals surface area contributed by atoms with Crippen molar-refractivity contribution in [1.82, 2.24) is 9.88 Å². The second-order valence-corrected chi connectivity index (χ2v) is 8.84. The first-order chi connectivity index (χ1) is 15.4. The largest absolute Gasteiger partial charge is 0.480 e. The molecule has 1 unspecified atom stereocenters. The third-order valence-electron chi connectivity index (χ3n) is 5.93. The quantitative estimate of drug-likeness (QED) is 0.475. The van der Waals surface area contributed by atoms with Crippen LogP contribution in [0.4, 0.5) is 9.18 Å². The summed E-state index contributed by atoms with van der Waals surface area (Å²) in [6, 6.07) is 11.3. The lowest BCUT2D eigenvalue weighted by atomic mass is 9.91. The number of hydrogen-bond acceptors (Lipinski definition) is 3. The Bertz CT molecular complexity index is 1160. The normalized spacial score (nSPS) is 16.4. The lowest BCUT2D eigenvalue weighted by Crippen LogP contribution is -2.39. The first-order valence-electron chi connectivity index (χ1n) is 10.6. The third-order valence-corrected chi connectivity index (χ3v) is 6.54. The van der Waals surface area contributed by atoms with Crippen LogP contribution in [-0.2, 0) is 29.0 Å². The molecule has 3 aromatic rings. The molecule has 8 heteroatoms. The predicted octanol–water partition coefficient (Wildman–Crippen LogP) is 5.36. The number of alkyl carbamates (subject to hydrolysis) is 1. The van der Waals surface area contributed by atoms with Crippen LogP contribution in [0.5, 0.6) is 0 Å². The van der Waals surface area contributed by atoms with Crippen molar-refractivity contribution in [3.05, 3.63) is 69.6 Å². The molecule has 2 atom stereocenters. The molecule has 1 aliphatic carbocycles. The number of ether oxygens (including phenoxy) is 1. The summed E-state index contributed by atoms with van der Waals surface area (Å²) in [4.78, 5) is 24.3. The summed E-state index contributed by atoms with van der Waals surface area (Å²) in [6.45, 7) is 2.00. The minimum Gasteiger partial charge on any atom is -0.480 e. The molecule has 4 rings (SSSR count). The molecule has 0 fully saturated rings. The van der Waals surface area contributed by atoms with E-state index >= 15 is 0 Å². The summed E-state index contributed by atoms with van der Waals surface area (Å²) in [5.41, 5.74) is 3.34. The lowest BCUT2D eigenvalue weighted by molar-refractivity contribution is -0.140. The highest BCUT2D eigenvalue weighted by molar-refractivity contribution is 9.10. The Morgan fingerprint density at radius 3 is 2.75 bits per heavy atom. The maximum Gasteiger partial charge on any atom is 0.407 e. The summed E-state index contributed by atoms with van der Waals surface area (Å²) in [7, 11) is 0. The molecule has 0 saturated heterocycles. The number of fused-ring (bicyclic) bond motifs is 3. The average molecular weight is 503 g/mol. The summed E-state index contributed by atoms with van der Waals surface area (Å²) >= 11 is 3.43. The number of amides is 1. The van der Waals surface area contributed by atoms with Gasteiger partial charge in [-0.15, -0.1) is 0 Å². The summed E-state index contributed by atoms with van der Waals surface area (Å²) in [6.07, 6.45) is 1.59. The maximum atomic E-state index is 14.2. The van der Waals surface area contributed by atoms with Gasteiger partial charge in [0, 0.05) is 21.6 Å². The van der Waals surface area contributed by atoms with E-state index in [1.54, 1.807) is 0 Å². The number of rotatable bonds is 6. The summed E-state index contributed by atoms with van der Waals surface area (Å²) in [5.74, 6) is -1.32. The van der Waals surface area contributed by atoms with Crippen molar-refractivity contribution in [3.8, 4) is 0 Å². The van der Waals surface area contributed by atoms with Crippen molar-refractivity contribution in [2.45, 2.75) is 51.3 Å². The van der Waals surface area contributed by atoms with Crippen molar-refractivity contribution in [3.63, 3.8) is 0 Å². The van der Waals surface area contributed by atoms with Crippen LogP contribution in [0, 0.1) is 5.82 Å². The molecule has 0 saturated carbocycles. The number of aliphatic carboxylic acids is 1. The van der Waals surface area contributed by atoms with Crippen LogP contribution in [0.2, 0.25) is 0 Å². The Hall–Kier alpha value is -2.87. The fourth-order valence-corrected chi connectivity index (χ4v) is 5.12. The van der Waals surface area contributed by atoms with Gasteiger partial charge in [-0.1, -0.05) is 37.3 Å². The third kappa shape index (κ3) is 4.37. The van der Waals surface area contributed by atoms with Crippen LogP contribution in [0.3, 0.4) is 0 Å². The fraction of sp³-hybridized carbons (Fsp3) is 0.333. The zero-order valence-corrected chi connectivity index (χ0v) is 19.2. The van der Waals surface area contributed by atoms with E-state index in [2.05, 4.69) is 21.2 Å². The Morgan fingerprint density at radius 1 is 1.31 bits per heavy atom. The minimum absolute atomic E-state index is 0.179. The molecule has 1 heterocycles. The van der Waals surface area contributed by atoms with Gasteiger partial charge < -0.3 is 19.7 Å². The molecule has 2 aromatic carbocycles. The fourth-order valence-electron chi connectivity index (χ4n) is 4.50. The number of carbonyl (C=O) groups excluding carboxylic acids is 1. The van der Waals surface area contributed by atoms with Gasteiger partial charge in [0.2, 0.25) is 0 Å². The van der Waals surface area contributed by atoms with Gasteiger partial charge in [-0.2, -0.15) is 0 Å². The van der Waals surface area contributed by atoms with Crippen LogP contribution in [0.15, 0.2) is 46.9 Å². The van der Waals surface area contributed by atoms with Crippen molar-refractivity contribution in [2.24, 2.45) is 0 Å². The molecule has 1 amide bonds.